The van der Waals surface area contributed by atoms with Gasteiger partial charge in [0.25, 0.3) is 5.91 Å². The first-order valence-corrected chi connectivity index (χ1v) is 7.95. The molecule has 1 heterocycles. The third kappa shape index (κ3) is 3.48. The number of hydrogen-bond donors (Lipinski definition) is 0. The normalized spacial score (nSPS) is 18.9. The van der Waals surface area contributed by atoms with Crippen LogP contribution < -0.4 is 0 Å². The van der Waals surface area contributed by atoms with Crippen LogP contribution >= 0.6 is 27.5 Å². The van der Waals surface area contributed by atoms with Gasteiger partial charge in [0.2, 0.25) is 0 Å². The highest BCUT2D eigenvalue weighted by Crippen LogP contribution is 2.25. The van der Waals surface area contributed by atoms with E-state index >= 15 is 0 Å². The second-order valence-corrected chi connectivity index (χ2v) is 5.98. The first kappa shape index (κ1) is 14.8. The van der Waals surface area contributed by atoms with Crippen molar-refractivity contribution in [2.45, 2.75) is 31.7 Å². The molecule has 0 aromatic heterocycles. The number of alkyl halides is 1. The Morgan fingerprint density at radius 2 is 2.32 bits per heavy atom. The highest BCUT2D eigenvalue weighted by Gasteiger charge is 2.30. The Balaban J connectivity index is 2.16. The number of rotatable bonds is 4. The zero-order valence-corrected chi connectivity index (χ0v) is 12.9. The van der Waals surface area contributed by atoms with Crippen molar-refractivity contribution in [2.75, 3.05) is 11.9 Å². The molecule has 1 aliphatic rings. The third-order valence-corrected chi connectivity index (χ3v) is 4.26. The number of nitrogens with zero attached hydrogens (tertiary/aromatic N) is 1. The average molecular weight is 349 g/mol. The fourth-order valence-electron chi connectivity index (χ4n) is 2.53. The maximum Gasteiger partial charge on any atom is 0.257 e. The Morgan fingerprint density at radius 3 is 3.05 bits per heavy atom. The Hall–Kier alpha value is -0.610. The number of carbonyl (C=O) groups excluding carboxylic acids is 1. The van der Waals surface area contributed by atoms with Crippen molar-refractivity contribution in [2.24, 2.45) is 0 Å². The Bertz CT molecular complexity index is 469. The topological polar surface area (TPSA) is 20.3 Å². The van der Waals surface area contributed by atoms with E-state index in [0.717, 1.165) is 31.0 Å². The summed E-state index contributed by atoms with van der Waals surface area (Å²) in [6.45, 7) is 0.706. The van der Waals surface area contributed by atoms with Crippen LogP contribution in [0.3, 0.4) is 0 Å². The molecule has 0 aliphatic carbocycles. The number of benzene rings is 1. The van der Waals surface area contributed by atoms with Gasteiger partial charge in [0.05, 0.1) is 5.56 Å². The number of halogens is 3. The molecule has 0 N–H and O–H groups in total. The molecule has 1 unspecified atom stereocenters. The monoisotopic (exact) mass is 347 g/mol. The van der Waals surface area contributed by atoms with Crippen molar-refractivity contribution < 1.29 is 9.18 Å². The molecule has 2 rings (SSSR count). The molecule has 0 spiro atoms. The van der Waals surface area contributed by atoms with Crippen LogP contribution in [0.1, 0.15) is 36.0 Å². The van der Waals surface area contributed by atoms with Gasteiger partial charge in [-0.2, -0.15) is 0 Å². The van der Waals surface area contributed by atoms with Gasteiger partial charge >= 0.3 is 0 Å². The quantitative estimate of drug-likeness (QED) is 0.745. The lowest BCUT2D eigenvalue weighted by Crippen LogP contribution is -2.36. The first-order chi connectivity index (χ1) is 9.13. The lowest BCUT2D eigenvalue weighted by molar-refractivity contribution is 0.0725. The number of hydrogen-bond acceptors (Lipinski definition) is 1. The summed E-state index contributed by atoms with van der Waals surface area (Å²) in [7, 11) is 0. The summed E-state index contributed by atoms with van der Waals surface area (Å²) in [5.41, 5.74) is 0.0817. The molecule has 0 bridgehead atoms. The van der Waals surface area contributed by atoms with Gasteiger partial charge in [0, 0.05) is 22.9 Å². The predicted molar refractivity (Wildman–Crippen MR) is 78.5 cm³/mol. The maximum atomic E-state index is 13.7. The van der Waals surface area contributed by atoms with E-state index in [-0.39, 0.29) is 17.5 Å². The van der Waals surface area contributed by atoms with E-state index in [2.05, 4.69) is 15.9 Å². The SMILES string of the molecule is O=C(c1cc(Cl)ccc1F)N1CCCC1CCCBr. The average Bonchev–Trinajstić information content (AvgIpc) is 2.86. The van der Waals surface area contributed by atoms with E-state index in [0.29, 0.717) is 11.6 Å². The molecule has 5 heteroatoms. The van der Waals surface area contributed by atoms with Crippen LogP contribution in [0.25, 0.3) is 0 Å². The molecule has 1 amide bonds. The lowest BCUT2D eigenvalue weighted by atomic mass is 10.1. The Morgan fingerprint density at radius 1 is 1.53 bits per heavy atom. The van der Waals surface area contributed by atoms with Crippen LogP contribution in [0.4, 0.5) is 4.39 Å². The second kappa shape index (κ2) is 6.71. The van der Waals surface area contributed by atoms with Crippen molar-refractivity contribution >= 4 is 33.4 Å². The second-order valence-electron chi connectivity index (χ2n) is 4.75. The Kier molecular flexibility index (Phi) is 5.22. The lowest BCUT2D eigenvalue weighted by Gasteiger charge is -2.25. The summed E-state index contributed by atoms with van der Waals surface area (Å²) < 4.78 is 13.7. The van der Waals surface area contributed by atoms with E-state index in [1.54, 1.807) is 4.90 Å². The Labute approximate surface area is 126 Å². The molecule has 1 atom stereocenters. The van der Waals surface area contributed by atoms with Gasteiger partial charge in [-0.3, -0.25) is 4.79 Å². The van der Waals surface area contributed by atoms with E-state index in [9.17, 15) is 9.18 Å². The molecule has 19 heavy (non-hydrogen) atoms. The number of likely N-dealkylation sites (tertiary alicyclic amines) is 1. The molecular formula is C14H16BrClFNO. The van der Waals surface area contributed by atoms with Gasteiger partial charge in [-0.25, -0.2) is 4.39 Å². The summed E-state index contributed by atoms with van der Waals surface area (Å²) >= 11 is 9.24. The molecule has 1 saturated heterocycles. The maximum absolute atomic E-state index is 13.7. The minimum absolute atomic E-state index is 0.0817. The van der Waals surface area contributed by atoms with Gasteiger partial charge in [0.15, 0.2) is 0 Å². The first-order valence-electron chi connectivity index (χ1n) is 6.45. The van der Waals surface area contributed by atoms with Gasteiger partial charge in [-0.05, 0) is 43.9 Å². The molecule has 1 aliphatic heterocycles. The van der Waals surface area contributed by atoms with Crippen LogP contribution in [0.5, 0.6) is 0 Å². The van der Waals surface area contributed by atoms with Crippen LogP contribution in [-0.4, -0.2) is 28.7 Å². The van der Waals surface area contributed by atoms with Crippen LogP contribution in [0, 0.1) is 5.82 Å². The fourth-order valence-corrected chi connectivity index (χ4v) is 3.03. The number of carbonyl (C=O) groups is 1. The predicted octanol–water partition coefficient (Wildman–Crippen LogP) is 4.26. The van der Waals surface area contributed by atoms with Crippen LogP contribution in [0.2, 0.25) is 5.02 Å². The molecule has 0 saturated carbocycles. The molecule has 0 radical (unpaired) electrons. The van der Waals surface area contributed by atoms with E-state index in [4.69, 9.17) is 11.6 Å². The van der Waals surface area contributed by atoms with Gasteiger partial charge < -0.3 is 4.90 Å². The molecular weight excluding hydrogens is 333 g/mol. The highest BCUT2D eigenvalue weighted by molar-refractivity contribution is 9.09. The third-order valence-electron chi connectivity index (χ3n) is 3.47. The van der Waals surface area contributed by atoms with E-state index in [1.807, 2.05) is 0 Å². The van der Waals surface area contributed by atoms with Crippen molar-refractivity contribution in [1.82, 2.24) is 4.90 Å². The van der Waals surface area contributed by atoms with E-state index in [1.165, 1.54) is 18.2 Å². The van der Waals surface area contributed by atoms with Gasteiger partial charge in [-0.15, -0.1) is 0 Å². The molecule has 1 aromatic carbocycles. The summed E-state index contributed by atoms with van der Waals surface area (Å²) in [5, 5.41) is 1.32. The van der Waals surface area contributed by atoms with Crippen molar-refractivity contribution in [3.8, 4) is 0 Å². The summed E-state index contributed by atoms with van der Waals surface area (Å²) in [4.78, 5) is 14.2. The van der Waals surface area contributed by atoms with Gasteiger partial charge in [0.1, 0.15) is 5.82 Å². The molecule has 1 fully saturated rings. The minimum atomic E-state index is -0.499. The van der Waals surface area contributed by atoms with Crippen molar-refractivity contribution in [3.05, 3.63) is 34.6 Å². The smallest absolute Gasteiger partial charge is 0.257 e. The zero-order chi connectivity index (χ0) is 13.8. The summed E-state index contributed by atoms with van der Waals surface area (Å²) in [6.07, 6.45) is 3.97. The highest BCUT2D eigenvalue weighted by atomic mass is 79.9. The van der Waals surface area contributed by atoms with Crippen molar-refractivity contribution in [3.63, 3.8) is 0 Å². The standard InChI is InChI=1S/C14H16BrClFNO/c15-7-1-3-11-4-2-8-18(11)14(19)12-9-10(16)5-6-13(12)17/h5-6,9,11H,1-4,7-8H2. The largest absolute Gasteiger partial charge is 0.336 e. The fraction of sp³-hybridized carbons (Fsp3) is 0.500. The van der Waals surface area contributed by atoms with Crippen LogP contribution in [-0.2, 0) is 0 Å². The van der Waals surface area contributed by atoms with Gasteiger partial charge in [-0.1, -0.05) is 27.5 Å². The molecule has 1 aromatic rings. The summed E-state index contributed by atoms with van der Waals surface area (Å²) in [6, 6.07) is 4.35. The summed E-state index contributed by atoms with van der Waals surface area (Å²) in [5.74, 6) is -0.738. The van der Waals surface area contributed by atoms with Crippen LogP contribution in [0.15, 0.2) is 18.2 Å². The molecule has 104 valence electrons. The zero-order valence-electron chi connectivity index (χ0n) is 10.5. The van der Waals surface area contributed by atoms with E-state index < -0.39 is 5.82 Å². The van der Waals surface area contributed by atoms with Crippen molar-refractivity contribution in [1.29, 1.82) is 0 Å². The minimum Gasteiger partial charge on any atom is -0.336 e. The number of amides is 1. The molecule has 2 nitrogen and oxygen atoms in total.